The molecule has 0 atom stereocenters. The molecule has 0 amide bonds. The maximum Gasteiger partial charge on any atom is 0.226 e. The summed E-state index contributed by atoms with van der Waals surface area (Å²) < 4.78 is 0. The van der Waals surface area contributed by atoms with Gasteiger partial charge in [-0.1, -0.05) is 30.3 Å². The Morgan fingerprint density at radius 1 is 1.00 bits per heavy atom. The molecule has 0 bridgehead atoms. The molecule has 1 fully saturated rings. The quantitative estimate of drug-likeness (QED) is 0.927. The third kappa shape index (κ3) is 3.13. The number of nitrogens with zero attached hydrogens (tertiary/aromatic N) is 3. The van der Waals surface area contributed by atoms with E-state index >= 15 is 0 Å². The summed E-state index contributed by atoms with van der Waals surface area (Å²) in [7, 11) is 0. The van der Waals surface area contributed by atoms with Crippen LogP contribution in [0.2, 0.25) is 0 Å². The molecule has 0 radical (unpaired) electrons. The SMILES string of the molecule is Cc1ncnc(NC2CCC(c3ccccc3)CC2)n1. The predicted octanol–water partition coefficient (Wildman–Crippen LogP) is 3.32. The van der Waals surface area contributed by atoms with Crippen molar-refractivity contribution in [1.82, 2.24) is 15.0 Å². The van der Waals surface area contributed by atoms with Gasteiger partial charge in [0, 0.05) is 6.04 Å². The summed E-state index contributed by atoms with van der Waals surface area (Å²) in [4.78, 5) is 12.5. The highest BCUT2D eigenvalue weighted by atomic mass is 15.1. The maximum atomic E-state index is 4.31. The number of rotatable bonds is 3. The van der Waals surface area contributed by atoms with E-state index in [1.807, 2.05) is 6.92 Å². The van der Waals surface area contributed by atoms with Crippen molar-refractivity contribution in [2.45, 2.75) is 44.6 Å². The van der Waals surface area contributed by atoms with Crippen LogP contribution in [0.15, 0.2) is 36.7 Å². The summed E-state index contributed by atoms with van der Waals surface area (Å²) in [5, 5.41) is 3.43. The number of aryl methyl sites for hydroxylation is 1. The molecule has 104 valence electrons. The number of nitrogens with one attached hydrogen (secondary N) is 1. The van der Waals surface area contributed by atoms with Gasteiger partial charge in [0.25, 0.3) is 0 Å². The van der Waals surface area contributed by atoms with E-state index in [4.69, 9.17) is 0 Å². The molecule has 1 aliphatic rings. The van der Waals surface area contributed by atoms with Gasteiger partial charge >= 0.3 is 0 Å². The van der Waals surface area contributed by atoms with Gasteiger partial charge in [-0.3, -0.25) is 0 Å². The third-order valence-corrected chi connectivity index (χ3v) is 4.02. The van der Waals surface area contributed by atoms with Crippen molar-refractivity contribution >= 4 is 5.95 Å². The lowest BCUT2D eigenvalue weighted by Gasteiger charge is -2.29. The highest BCUT2D eigenvalue weighted by molar-refractivity contribution is 5.26. The second kappa shape index (κ2) is 5.99. The fourth-order valence-electron chi connectivity index (χ4n) is 2.93. The van der Waals surface area contributed by atoms with Gasteiger partial charge in [0.2, 0.25) is 5.95 Å². The largest absolute Gasteiger partial charge is 0.351 e. The first-order valence-corrected chi connectivity index (χ1v) is 7.28. The van der Waals surface area contributed by atoms with Crippen molar-refractivity contribution in [2.24, 2.45) is 0 Å². The summed E-state index contributed by atoms with van der Waals surface area (Å²) in [6.45, 7) is 1.89. The van der Waals surface area contributed by atoms with Crippen LogP contribution in [0.5, 0.6) is 0 Å². The average molecular weight is 268 g/mol. The molecule has 4 nitrogen and oxygen atoms in total. The standard InChI is InChI=1S/C16H20N4/c1-12-17-11-18-16(19-12)20-15-9-7-14(8-10-15)13-5-3-2-4-6-13/h2-6,11,14-15H,7-10H2,1H3,(H,17,18,19,20). The van der Waals surface area contributed by atoms with Crippen LogP contribution in [0, 0.1) is 6.92 Å². The molecule has 1 N–H and O–H groups in total. The zero-order chi connectivity index (χ0) is 13.8. The highest BCUT2D eigenvalue weighted by Crippen LogP contribution is 2.33. The van der Waals surface area contributed by atoms with Crippen LogP contribution in [0.25, 0.3) is 0 Å². The van der Waals surface area contributed by atoms with Crippen LogP contribution in [-0.2, 0) is 0 Å². The van der Waals surface area contributed by atoms with E-state index in [2.05, 4.69) is 50.6 Å². The first-order valence-electron chi connectivity index (χ1n) is 7.28. The van der Waals surface area contributed by atoms with Gasteiger partial charge in [0.05, 0.1) is 0 Å². The average Bonchev–Trinajstić information content (AvgIpc) is 2.49. The van der Waals surface area contributed by atoms with Gasteiger partial charge in [0.15, 0.2) is 0 Å². The Morgan fingerprint density at radius 3 is 2.45 bits per heavy atom. The molecule has 0 unspecified atom stereocenters. The van der Waals surface area contributed by atoms with Gasteiger partial charge in [0.1, 0.15) is 12.2 Å². The van der Waals surface area contributed by atoms with Gasteiger partial charge in [-0.25, -0.2) is 9.97 Å². The van der Waals surface area contributed by atoms with Crippen molar-refractivity contribution in [3.63, 3.8) is 0 Å². The minimum atomic E-state index is 0.483. The summed E-state index contributed by atoms with van der Waals surface area (Å²) in [6, 6.07) is 11.3. The fourth-order valence-corrected chi connectivity index (χ4v) is 2.93. The van der Waals surface area contributed by atoms with Crippen LogP contribution in [-0.4, -0.2) is 21.0 Å². The van der Waals surface area contributed by atoms with Crippen LogP contribution in [0.3, 0.4) is 0 Å². The molecular formula is C16H20N4. The molecule has 0 aliphatic heterocycles. The number of aromatic nitrogens is 3. The highest BCUT2D eigenvalue weighted by Gasteiger charge is 2.22. The minimum absolute atomic E-state index is 0.483. The monoisotopic (exact) mass is 268 g/mol. The van der Waals surface area contributed by atoms with Crippen molar-refractivity contribution in [2.75, 3.05) is 5.32 Å². The van der Waals surface area contributed by atoms with E-state index in [0.717, 1.165) is 5.82 Å². The van der Waals surface area contributed by atoms with E-state index in [-0.39, 0.29) is 0 Å². The van der Waals surface area contributed by atoms with Crippen molar-refractivity contribution < 1.29 is 0 Å². The molecule has 1 aromatic heterocycles. The molecule has 20 heavy (non-hydrogen) atoms. The molecule has 1 aromatic carbocycles. The second-order valence-corrected chi connectivity index (χ2v) is 5.46. The summed E-state index contributed by atoms with van der Waals surface area (Å²) in [5.41, 5.74) is 1.47. The molecule has 1 saturated carbocycles. The number of benzene rings is 1. The van der Waals surface area contributed by atoms with E-state index in [9.17, 15) is 0 Å². The molecular weight excluding hydrogens is 248 g/mol. The third-order valence-electron chi connectivity index (χ3n) is 4.02. The molecule has 1 aliphatic carbocycles. The molecule has 2 aromatic rings. The Kier molecular flexibility index (Phi) is 3.90. The maximum absolute atomic E-state index is 4.31. The first-order chi connectivity index (χ1) is 9.81. The number of hydrogen-bond acceptors (Lipinski definition) is 4. The number of anilines is 1. The lowest BCUT2D eigenvalue weighted by molar-refractivity contribution is 0.411. The van der Waals surface area contributed by atoms with E-state index in [1.54, 1.807) is 6.33 Å². The Bertz CT molecular complexity index is 547. The molecule has 0 saturated heterocycles. The fraction of sp³-hybridized carbons (Fsp3) is 0.438. The Balaban J connectivity index is 1.56. The molecule has 0 spiro atoms. The zero-order valence-corrected chi connectivity index (χ0v) is 11.8. The lowest BCUT2D eigenvalue weighted by atomic mass is 9.82. The van der Waals surface area contributed by atoms with Crippen molar-refractivity contribution in [3.05, 3.63) is 48.0 Å². The topological polar surface area (TPSA) is 50.7 Å². The molecule has 4 heteroatoms. The summed E-state index contributed by atoms with van der Waals surface area (Å²) in [6.07, 6.45) is 6.37. The molecule has 3 rings (SSSR count). The van der Waals surface area contributed by atoms with Crippen molar-refractivity contribution in [3.8, 4) is 0 Å². The second-order valence-electron chi connectivity index (χ2n) is 5.46. The van der Waals surface area contributed by atoms with E-state index in [0.29, 0.717) is 17.9 Å². The predicted molar refractivity (Wildman–Crippen MR) is 79.6 cm³/mol. The minimum Gasteiger partial charge on any atom is -0.351 e. The Hall–Kier alpha value is -1.97. The van der Waals surface area contributed by atoms with Gasteiger partial charge in [-0.15, -0.1) is 0 Å². The number of hydrogen-bond donors (Lipinski definition) is 1. The smallest absolute Gasteiger partial charge is 0.226 e. The van der Waals surface area contributed by atoms with Crippen LogP contribution in [0.4, 0.5) is 5.95 Å². The van der Waals surface area contributed by atoms with E-state index < -0.39 is 0 Å². The van der Waals surface area contributed by atoms with Crippen molar-refractivity contribution in [1.29, 1.82) is 0 Å². The summed E-state index contributed by atoms with van der Waals surface area (Å²) >= 11 is 0. The van der Waals surface area contributed by atoms with Gasteiger partial charge in [-0.2, -0.15) is 4.98 Å². The van der Waals surface area contributed by atoms with Crippen LogP contribution >= 0.6 is 0 Å². The van der Waals surface area contributed by atoms with Crippen LogP contribution in [0.1, 0.15) is 43.0 Å². The van der Waals surface area contributed by atoms with Crippen LogP contribution < -0.4 is 5.32 Å². The van der Waals surface area contributed by atoms with E-state index in [1.165, 1.54) is 31.2 Å². The zero-order valence-electron chi connectivity index (χ0n) is 11.8. The molecule has 1 heterocycles. The normalized spacial score (nSPS) is 22.4. The van der Waals surface area contributed by atoms with Gasteiger partial charge < -0.3 is 5.32 Å². The Morgan fingerprint density at radius 2 is 1.75 bits per heavy atom. The van der Waals surface area contributed by atoms with Gasteiger partial charge in [-0.05, 0) is 44.1 Å². The lowest BCUT2D eigenvalue weighted by Crippen LogP contribution is -2.26. The first kappa shape index (κ1) is 13.0. The Labute approximate surface area is 119 Å². The summed E-state index contributed by atoms with van der Waals surface area (Å²) in [5.74, 6) is 2.18.